The number of thioether (sulfide) groups is 1. The molecule has 0 radical (unpaired) electrons. The Morgan fingerprint density at radius 3 is 2.67 bits per heavy atom. The molecule has 0 N–H and O–H groups in total. The molecule has 92 valence electrons. The molecule has 0 atom stereocenters. The summed E-state index contributed by atoms with van der Waals surface area (Å²) in [7, 11) is 0. The highest BCUT2D eigenvalue weighted by Crippen LogP contribution is 2.31. The van der Waals surface area contributed by atoms with Crippen LogP contribution in [0.25, 0.3) is 11.3 Å². The molecule has 0 saturated carbocycles. The average molecular weight is 292 g/mol. The van der Waals surface area contributed by atoms with E-state index in [1.165, 1.54) is 0 Å². The number of nitrogens with zero attached hydrogens (tertiary/aromatic N) is 2. The van der Waals surface area contributed by atoms with Gasteiger partial charge in [0.25, 0.3) is 0 Å². The zero-order valence-corrected chi connectivity index (χ0v) is 12.5. The largest absolute Gasteiger partial charge is 0.230 e. The molecular formula is C13H12N2S3. The molecule has 0 spiro atoms. The first-order chi connectivity index (χ1) is 8.69. The van der Waals surface area contributed by atoms with Gasteiger partial charge in [-0.25, -0.2) is 4.98 Å². The summed E-state index contributed by atoms with van der Waals surface area (Å²) in [6.45, 7) is 4.34. The Labute approximate surface area is 120 Å². The maximum atomic E-state index is 4.61. The molecule has 0 saturated heterocycles. The zero-order valence-electron chi connectivity index (χ0n) is 10.1. The van der Waals surface area contributed by atoms with Crippen LogP contribution in [0.4, 0.5) is 5.69 Å². The quantitative estimate of drug-likeness (QED) is 0.448. The third-order valence-corrected chi connectivity index (χ3v) is 4.22. The minimum atomic E-state index is 0.559. The number of thiocarbonyl (C=S) groups is 1. The van der Waals surface area contributed by atoms with Crippen LogP contribution in [0.1, 0.15) is 13.8 Å². The van der Waals surface area contributed by atoms with E-state index in [0.29, 0.717) is 5.25 Å². The lowest BCUT2D eigenvalue weighted by Crippen LogP contribution is -1.85. The summed E-state index contributed by atoms with van der Waals surface area (Å²) in [4.78, 5) is 8.54. The molecule has 18 heavy (non-hydrogen) atoms. The molecule has 5 heteroatoms. The Balaban J connectivity index is 2.20. The van der Waals surface area contributed by atoms with E-state index in [2.05, 4.69) is 46.6 Å². The number of rotatable bonds is 4. The molecule has 1 aromatic heterocycles. The number of hydrogen-bond donors (Lipinski definition) is 0. The third kappa shape index (κ3) is 3.50. The SMILES string of the molecule is CC(C)Sc1nc(-c2ccc(N=C=S)cc2)cs1. The van der Waals surface area contributed by atoms with Crippen LogP contribution in [-0.2, 0) is 0 Å². The fourth-order valence-corrected chi connectivity index (χ4v) is 3.56. The van der Waals surface area contributed by atoms with E-state index in [1.807, 2.05) is 24.3 Å². The Morgan fingerprint density at radius 1 is 1.33 bits per heavy atom. The van der Waals surface area contributed by atoms with Crippen molar-refractivity contribution in [1.29, 1.82) is 0 Å². The molecule has 0 aliphatic carbocycles. The van der Waals surface area contributed by atoms with Crippen molar-refractivity contribution in [2.75, 3.05) is 0 Å². The molecule has 0 aliphatic heterocycles. The van der Waals surface area contributed by atoms with E-state index in [4.69, 9.17) is 0 Å². The lowest BCUT2D eigenvalue weighted by Gasteiger charge is -1.99. The predicted molar refractivity (Wildman–Crippen MR) is 83.2 cm³/mol. The maximum absolute atomic E-state index is 4.61. The summed E-state index contributed by atoms with van der Waals surface area (Å²) in [6, 6.07) is 7.85. The second kappa shape index (κ2) is 6.25. The first-order valence-corrected chi connectivity index (χ1v) is 7.66. The molecule has 0 amide bonds. The van der Waals surface area contributed by atoms with Gasteiger partial charge in [-0.2, -0.15) is 4.99 Å². The van der Waals surface area contributed by atoms with Crippen LogP contribution in [0, 0.1) is 0 Å². The Morgan fingerprint density at radius 2 is 2.06 bits per heavy atom. The first-order valence-electron chi connectivity index (χ1n) is 5.49. The summed E-state index contributed by atoms with van der Waals surface area (Å²) < 4.78 is 1.11. The standard InChI is InChI=1S/C13H12N2S3/c1-9(2)18-13-15-12(7-17-13)10-3-5-11(6-4-10)14-8-16/h3-7,9H,1-2H3. The van der Waals surface area contributed by atoms with Gasteiger partial charge in [0.2, 0.25) is 0 Å². The molecule has 2 nitrogen and oxygen atoms in total. The second-order valence-corrected chi connectivity index (χ2v) is 6.78. The smallest absolute Gasteiger partial charge is 0.150 e. The number of isothiocyanates is 1. The number of thiazole rings is 1. The fourth-order valence-electron chi connectivity index (χ4n) is 1.41. The monoisotopic (exact) mass is 292 g/mol. The highest BCUT2D eigenvalue weighted by molar-refractivity contribution is 8.01. The molecule has 0 unspecified atom stereocenters. The van der Waals surface area contributed by atoms with E-state index < -0.39 is 0 Å². The van der Waals surface area contributed by atoms with Crippen LogP contribution in [-0.4, -0.2) is 15.4 Å². The van der Waals surface area contributed by atoms with Gasteiger partial charge in [0.05, 0.1) is 16.5 Å². The number of benzene rings is 1. The van der Waals surface area contributed by atoms with Crippen molar-refractivity contribution in [2.24, 2.45) is 4.99 Å². The van der Waals surface area contributed by atoms with Gasteiger partial charge < -0.3 is 0 Å². The molecule has 0 fully saturated rings. The van der Waals surface area contributed by atoms with Crippen molar-refractivity contribution in [3.63, 3.8) is 0 Å². The van der Waals surface area contributed by atoms with Crippen LogP contribution in [0.3, 0.4) is 0 Å². The van der Waals surface area contributed by atoms with E-state index in [1.54, 1.807) is 23.1 Å². The van der Waals surface area contributed by atoms with Crippen molar-refractivity contribution in [3.05, 3.63) is 29.6 Å². The zero-order chi connectivity index (χ0) is 13.0. The highest BCUT2D eigenvalue weighted by Gasteiger charge is 2.06. The van der Waals surface area contributed by atoms with Gasteiger partial charge >= 0.3 is 0 Å². The van der Waals surface area contributed by atoms with E-state index in [9.17, 15) is 0 Å². The topological polar surface area (TPSA) is 25.2 Å². The van der Waals surface area contributed by atoms with Crippen LogP contribution >= 0.6 is 35.3 Å². The van der Waals surface area contributed by atoms with Gasteiger partial charge in [-0.15, -0.1) is 11.3 Å². The van der Waals surface area contributed by atoms with Crippen molar-refractivity contribution >= 4 is 46.2 Å². The molecule has 2 rings (SSSR count). The lowest BCUT2D eigenvalue weighted by atomic mass is 10.1. The second-order valence-electron chi connectivity index (χ2n) is 3.92. The van der Waals surface area contributed by atoms with Gasteiger partial charge in [0.1, 0.15) is 0 Å². The third-order valence-electron chi connectivity index (χ3n) is 2.16. The Hall–Kier alpha value is -1.00. The van der Waals surface area contributed by atoms with E-state index in [0.717, 1.165) is 21.3 Å². The first kappa shape index (κ1) is 13.4. The number of aliphatic imine (C=N–C) groups is 1. The molecule has 1 aromatic carbocycles. The summed E-state index contributed by atoms with van der Waals surface area (Å²) in [5.41, 5.74) is 2.94. The normalized spacial score (nSPS) is 10.4. The summed E-state index contributed by atoms with van der Waals surface area (Å²) >= 11 is 8.05. The Kier molecular flexibility index (Phi) is 4.66. The van der Waals surface area contributed by atoms with E-state index in [-0.39, 0.29) is 0 Å². The molecule has 0 aliphatic rings. The van der Waals surface area contributed by atoms with Gasteiger partial charge in [-0.05, 0) is 24.4 Å². The molecule has 2 aromatic rings. The van der Waals surface area contributed by atoms with Crippen LogP contribution < -0.4 is 0 Å². The van der Waals surface area contributed by atoms with E-state index >= 15 is 0 Å². The summed E-state index contributed by atoms with van der Waals surface area (Å²) in [6.07, 6.45) is 0. The summed E-state index contributed by atoms with van der Waals surface area (Å²) in [5, 5.41) is 5.00. The highest BCUT2D eigenvalue weighted by atomic mass is 32.2. The van der Waals surface area contributed by atoms with Crippen molar-refractivity contribution in [2.45, 2.75) is 23.4 Å². The molecular weight excluding hydrogens is 280 g/mol. The van der Waals surface area contributed by atoms with Crippen LogP contribution in [0.2, 0.25) is 0 Å². The minimum Gasteiger partial charge on any atom is -0.230 e. The predicted octanol–water partition coefficient (Wildman–Crippen LogP) is 5.04. The van der Waals surface area contributed by atoms with Crippen molar-refractivity contribution in [1.82, 2.24) is 4.98 Å². The van der Waals surface area contributed by atoms with Crippen LogP contribution in [0.5, 0.6) is 0 Å². The fraction of sp³-hybridized carbons (Fsp3) is 0.231. The number of hydrogen-bond acceptors (Lipinski definition) is 5. The van der Waals surface area contributed by atoms with Gasteiger partial charge in [-0.1, -0.05) is 37.7 Å². The minimum absolute atomic E-state index is 0.559. The molecule has 1 heterocycles. The van der Waals surface area contributed by atoms with Crippen molar-refractivity contribution in [3.8, 4) is 11.3 Å². The van der Waals surface area contributed by atoms with Gasteiger partial charge in [0.15, 0.2) is 4.34 Å². The Bertz CT molecular complexity index is 566. The summed E-state index contributed by atoms with van der Waals surface area (Å²) in [5.74, 6) is 0. The average Bonchev–Trinajstić information content (AvgIpc) is 2.78. The van der Waals surface area contributed by atoms with Crippen LogP contribution in [0.15, 0.2) is 39.0 Å². The van der Waals surface area contributed by atoms with Gasteiger partial charge in [-0.3, -0.25) is 0 Å². The number of aromatic nitrogens is 1. The van der Waals surface area contributed by atoms with Gasteiger partial charge in [0, 0.05) is 16.2 Å². The van der Waals surface area contributed by atoms with Crippen molar-refractivity contribution < 1.29 is 0 Å². The molecule has 0 bridgehead atoms. The maximum Gasteiger partial charge on any atom is 0.150 e. The lowest BCUT2D eigenvalue weighted by molar-refractivity contribution is 1.10.